The van der Waals surface area contributed by atoms with E-state index in [2.05, 4.69) is 0 Å². The molecule has 15 heavy (non-hydrogen) atoms. The van der Waals surface area contributed by atoms with Gasteiger partial charge in [-0.25, -0.2) is 4.39 Å². The number of hydrogen-bond donors (Lipinski definition) is 2. The van der Waals surface area contributed by atoms with Crippen LogP contribution in [0.4, 0.5) is 4.39 Å². The van der Waals surface area contributed by atoms with Crippen molar-refractivity contribution in [1.29, 1.82) is 0 Å². The Hall–Kier alpha value is -0.865. The summed E-state index contributed by atoms with van der Waals surface area (Å²) in [5, 5.41) is 17.8. The van der Waals surface area contributed by atoms with E-state index < -0.39 is 12.9 Å². The first-order valence-corrected chi connectivity index (χ1v) is 5.34. The fourth-order valence-electron chi connectivity index (χ4n) is 2.27. The van der Waals surface area contributed by atoms with Crippen LogP contribution in [0.3, 0.4) is 0 Å². The van der Waals surface area contributed by atoms with E-state index in [1.165, 1.54) is 25.0 Å². The Morgan fingerprint density at radius 2 is 1.87 bits per heavy atom. The normalized spacial score (nSPS) is 17.0. The van der Waals surface area contributed by atoms with Gasteiger partial charge in [0.25, 0.3) is 0 Å². The van der Waals surface area contributed by atoms with Crippen LogP contribution < -0.4 is 5.46 Å². The van der Waals surface area contributed by atoms with Crippen molar-refractivity contribution in [3.8, 4) is 0 Å². The zero-order valence-corrected chi connectivity index (χ0v) is 8.49. The molecule has 0 atom stereocenters. The molecular weight excluding hydrogens is 194 g/mol. The molecule has 1 fully saturated rings. The first kappa shape index (κ1) is 10.6. The van der Waals surface area contributed by atoms with Crippen molar-refractivity contribution in [3.05, 3.63) is 29.6 Å². The first-order valence-electron chi connectivity index (χ1n) is 5.34. The fraction of sp³-hybridized carbons (Fsp3) is 0.455. The van der Waals surface area contributed by atoms with Crippen LogP contribution in [0.25, 0.3) is 0 Å². The highest BCUT2D eigenvalue weighted by molar-refractivity contribution is 6.58. The summed E-state index contributed by atoms with van der Waals surface area (Å²) in [6.45, 7) is 0. The Balaban J connectivity index is 2.24. The molecule has 2 N–H and O–H groups in total. The van der Waals surface area contributed by atoms with Gasteiger partial charge in [-0.05, 0) is 30.4 Å². The summed E-state index contributed by atoms with van der Waals surface area (Å²) in [6.07, 6.45) is 4.63. The summed E-state index contributed by atoms with van der Waals surface area (Å²) in [5.74, 6) is -0.0706. The molecule has 0 saturated heterocycles. The Bertz CT molecular complexity index is 348. The zero-order chi connectivity index (χ0) is 10.8. The molecule has 2 rings (SSSR count). The summed E-state index contributed by atoms with van der Waals surface area (Å²) in [4.78, 5) is 0. The molecule has 0 spiro atoms. The van der Waals surface area contributed by atoms with E-state index in [4.69, 9.17) is 10.0 Å². The van der Waals surface area contributed by atoms with Gasteiger partial charge in [0.2, 0.25) is 0 Å². The van der Waals surface area contributed by atoms with Crippen LogP contribution in [-0.2, 0) is 0 Å². The molecule has 0 bridgehead atoms. The predicted octanol–water partition coefficient (Wildman–Crippen LogP) is 1.16. The highest BCUT2D eigenvalue weighted by Crippen LogP contribution is 2.33. The molecule has 0 aromatic heterocycles. The molecule has 80 valence electrons. The Kier molecular flexibility index (Phi) is 3.07. The molecule has 1 saturated carbocycles. The number of hydrogen-bond acceptors (Lipinski definition) is 2. The third-order valence-corrected chi connectivity index (χ3v) is 3.13. The Morgan fingerprint density at radius 1 is 1.20 bits per heavy atom. The van der Waals surface area contributed by atoms with E-state index in [-0.39, 0.29) is 5.46 Å². The summed E-state index contributed by atoms with van der Waals surface area (Å²) in [6, 6.07) is 4.70. The zero-order valence-electron chi connectivity index (χ0n) is 8.49. The van der Waals surface area contributed by atoms with Crippen molar-refractivity contribution in [1.82, 2.24) is 0 Å². The molecule has 2 nitrogen and oxygen atoms in total. The van der Waals surface area contributed by atoms with Gasteiger partial charge >= 0.3 is 7.12 Å². The number of benzene rings is 1. The lowest BCUT2D eigenvalue weighted by Gasteiger charge is -2.11. The minimum atomic E-state index is -1.72. The second-order valence-electron chi connectivity index (χ2n) is 4.14. The molecule has 0 aliphatic heterocycles. The van der Waals surface area contributed by atoms with E-state index in [1.54, 1.807) is 6.07 Å². The van der Waals surface area contributed by atoms with Crippen LogP contribution in [0.2, 0.25) is 0 Å². The molecule has 1 aromatic carbocycles. The lowest BCUT2D eigenvalue weighted by Crippen LogP contribution is -2.32. The summed E-state index contributed by atoms with van der Waals surface area (Å²) >= 11 is 0. The minimum absolute atomic E-state index is 0.0447. The van der Waals surface area contributed by atoms with Crippen molar-refractivity contribution in [3.63, 3.8) is 0 Å². The van der Waals surface area contributed by atoms with Crippen LogP contribution in [0.5, 0.6) is 0 Å². The highest BCUT2D eigenvalue weighted by Gasteiger charge is 2.21. The van der Waals surface area contributed by atoms with Crippen molar-refractivity contribution in [2.24, 2.45) is 0 Å². The van der Waals surface area contributed by atoms with Crippen molar-refractivity contribution < 1.29 is 14.4 Å². The fourth-order valence-corrected chi connectivity index (χ4v) is 2.27. The molecule has 0 amide bonds. The summed E-state index contributed by atoms with van der Waals surface area (Å²) in [5.41, 5.74) is 0.936. The van der Waals surface area contributed by atoms with Crippen molar-refractivity contribution >= 4 is 12.6 Å². The Morgan fingerprint density at radius 3 is 2.40 bits per heavy atom. The standard InChI is InChI=1S/C11H14BFO2/c13-11-7-9(8-3-1-2-4-8)5-6-10(11)12(14)15/h5-8,14-15H,1-4H2. The number of rotatable bonds is 2. The first-order chi connectivity index (χ1) is 7.18. The SMILES string of the molecule is OB(O)c1ccc(C2CCCC2)cc1F. The van der Waals surface area contributed by atoms with Gasteiger partial charge in [-0.3, -0.25) is 0 Å². The van der Waals surface area contributed by atoms with Gasteiger partial charge in [0.05, 0.1) is 0 Å². The molecular formula is C11H14BFO2. The molecule has 1 aliphatic rings. The molecule has 0 unspecified atom stereocenters. The maximum Gasteiger partial charge on any atom is 0.491 e. The van der Waals surface area contributed by atoms with Gasteiger partial charge < -0.3 is 10.0 Å². The molecule has 4 heteroatoms. The Labute approximate surface area is 88.9 Å². The van der Waals surface area contributed by atoms with Crippen LogP contribution >= 0.6 is 0 Å². The smallest absolute Gasteiger partial charge is 0.423 e. The second kappa shape index (κ2) is 4.33. The largest absolute Gasteiger partial charge is 0.491 e. The highest BCUT2D eigenvalue weighted by atomic mass is 19.1. The average Bonchev–Trinajstić information content (AvgIpc) is 2.69. The van der Waals surface area contributed by atoms with E-state index in [0.29, 0.717) is 5.92 Å². The summed E-state index contributed by atoms with van der Waals surface area (Å²) < 4.78 is 13.4. The molecule has 1 aromatic rings. The third kappa shape index (κ3) is 2.21. The van der Waals surface area contributed by atoms with Gasteiger partial charge in [-0.1, -0.05) is 25.0 Å². The van der Waals surface area contributed by atoms with Crippen molar-refractivity contribution in [2.75, 3.05) is 0 Å². The average molecular weight is 208 g/mol. The molecule has 0 radical (unpaired) electrons. The summed E-state index contributed by atoms with van der Waals surface area (Å²) in [7, 11) is -1.72. The van der Waals surface area contributed by atoms with Crippen molar-refractivity contribution in [2.45, 2.75) is 31.6 Å². The number of halogens is 1. The lowest BCUT2D eigenvalue weighted by molar-refractivity contribution is 0.423. The topological polar surface area (TPSA) is 40.5 Å². The van der Waals surface area contributed by atoms with E-state index in [9.17, 15) is 4.39 Å². The minimum Gasteiger partial charge on any atom is -0.423 e. The third-order valence-electron chi connectivity index (χ3n) is 3.13. The quantitative estimate of drug-likeness (QED) is 0.716. The van der Waals surface area contributed by atoms with E-state index in [0.717, 1.165) is 18.4 Å². The van der Waals surface area contributed by atoms with Crippen LogP contribution in [0.15, 0.2) is 18.2 Å². The second-order valence-corrected chi connectivity index (χ2v) is 4.14. The van der Waals surface area contributed by atoms with Gasteiger partial charge in [0, 0.05) is 5.46 Å². The van der Waals surface area contributed by atoms with Gasteiger partial charge in [-0.2, -0.15) is 0 Å². The maximum atomic E-state index is 13.4. The van der Waals surface area contributed by atoms with Gasteiger partial charge in [0.15, 0.2) is 0 Å². The van der Waals surface area contributed by atoms with Gasteiger partial charge in [0.1, 0.15) is 5.82 Å². The van der Waals surface area contributed by atoms with Crippen LogP contribution in [0.1, 0.15) is 37.2 Å². The maximum absolute atomic E-state index is 13.4. The predicted molar refractivity (Wildman–Crippen MR) is 57.4 cm³/mol. The van der Waals surface area contributed by atoms with E-state index in [1.807, 2.05) is 0 Å². The molecule has 1 aliphatic carbocycles. The van der Waals surface area contributed by atoms with Crippen LogP contribution in [-0.4, -0.2) is 17.2 Å². The van der Waals surface area contributed by atoms with E-state index >= 15 is 0 Å². The van der Waals surface area contributed by atoms with Crippen LogP contribution in [0, 0.1) is 5.82 Å². The molecule has 0 heterocycles. The monoisotopic (exact) mass is 208 g/mol. The lowest BCUT2D eigenvalue weighted by atomic mass is 9.78. The van der Waals surface area contributed by atoms with Gasteiger partial charge in [-0.15, -0.1) is 0 Å².